The molecule has 3 nitrogen and oxygen atoms in total. The zero-order valence-electron chi connectivity index (χ0n) is 11.6. The molecule has 104 valence electrons. The van der Waals surface area contributed by atoms with E-state index in [0.717, 1.165) is 37.3 Å². The molecule has 0 aliphatic heterocycles. The minimum absolute atomic E-state index is 0.571. The van der Waals surface area contributed by atoms with Crippen molar-refractivity contribution >= 4 is 5.97 Å². The van der Waals surface area contributed by atoms with Gasteiger partial charge in [-0.15, -0.1) is 0 Å². The Morgan fingerprint density at radius 1 is 1.42 bits per heavy atom. The quantitative estimate of drug-likeness (QED) is 0.879. The average Bonchev–Trinajstić information content (AvgIpc) is 2.42. The maximum atomic E-state index is 11.7. The van der Waals surface area contributed by atoms with Crippen LogP contribution in [0, 0.1) is 11.3 Å². The third kappa shape index (κ3) is 3.34. The lowest BCUT2D eigenvalue weighted by Gasteiger charge is -2.36. The first-order valence-electron chi connectivity index (χ1n) is 7.29. The first-order valence-corrected chi connectivity index (χ1v) is 7.29. The van der Waals surface area contributed by atoms with Gasteiger partial charge in [-0.2, -0.15) is 0 Å². The van der Waals surface area contributed by atoms with Crippen molar-refractivity contribution in [2.75, 3.05) is 0 Å². The predicted molar refractivity (Wildman–Crippen MR) is 74.9 cm³/mol. The van der Waals surface area contributed by atoms with Crippen LogP contribution in [0.3, 0.4) is 0 Å². The summed E-state index contributed by atoms with van der Waals surface area (Å²) in [4.78, 5) is 16.0. The molecule has 1 saturated carbocycles. The molecule has 1 aromatic rings. The van der Waals surface area contributed by atoms with Crippen LogP contribution in [-0.4, -0.2) is 16.1 Å². The number of carboxylic acids is 1. The standard InChI is InChI=1S/C16H23NO2/c1-2-5-13-7-9-16(10-8-13,15(18)19)12-14-6-3-4-11-17-14/h3-4,6,11,13H,2,5,7-10,12H2,1H3,(H,18,19). The number of nitrogens with zero attached hydrogens (tertiary/aromatic N) is 1. The molecule has 0 atom stereocenters. The first kappa shape index (κ1) is 14.0. The molecule has 0 unspecified atom stereocenters. The van der Waals surface area contributed by atoms with Crippen molar-refractivity contribution in [1.82, 2.24) is 4.98 Å². The van der Waals surface area contributed by atoms with Gasteiger partial charge in [-0.05, 0) is 43.7 Å². The van der Waals surface area contributed by atoms with E-state index in [1.54, 1.807) is 6.20 Å². The van der Waals surface area contributed by atoms with Crippen LogP contribution < -0.4 is 0 Å². The molecular formula is C16H23NO2. The molecule has 1 aliphatic rings. The van der Waals surface area contributed by atoms with Crippen LogP contribution in [0.15, 0.2) is 24.4 Å². The van der Waals surface area contributed by atoms with Gasteiger partial charge in [-0.1, -0.05) is 25.8 Å². The second-order valence-corrected chi connectivity index (χ2v) is 5.82. The summed E-state index contributed by atoms with van der Waals surface area (Å²) >= 11 is 0. The molecule has 1 N–H and O–H groups in total. The molecule has 0 radical (unpaired) electrons. The van der Waals surface area contributed by atoms with Gasteiger partial charge >= 0.3 is 5.97 Å². The molecule has 0 bridgehead atoms. The highest BCUT2D eigenvalue weighted by Crippen LogP contribution is 2.42. The number of hydrogen-bond acceptors (Lipinski definition) is 2. The third-order valence-electron chi connectivity index (χ3n) is 4.46. The van der Waals surface area contributed by atoms with E-state index in [2.05, 4.69) is 11.9 Å². The van der Waals surface area contributed by atoms with Crippen LogP contribution >= 0.6 is 0 Å². The molecule has 1 aromatic heterocycles. The highest BCUT2D eigenvalue weighted by Gasteiger charge is 2.42. The number of aromatic nitrogens is 1. The molecule has 3 heteroatoms. The molecule has 1 fully saturated rings. The van der Waals surface area contributed by atoms with Crippen LogP contribution in [0.2, 0.25) is 0 Å². The number of rotatable bonds is 5. The second kappa shape index (κ2) is 6.18. The smallest absolute Gasteiger partial charge is 0.310 e. The average molecular weight is 261 g/mol. The number of carboxylic acid groups (broad SMARTS) is 1. The fraction of sp³-hybridized carbons (Fsp3) is 0.625. The van der Waals surface area contributed by atoms with Crippen LogP contribution in [0.5, 0.6) is 0 Å². The number of carbonyl (C=O) groups is 1. The number of aliphatic carboxylic acids is 1. The van der Waals surface area contributed by atoms with Gasteiger partial charge < -0.3 is 5.11 Å². The Hall–Kier alpha value is -1.38. The van der Waals surface area contributed by atoms with Crippen LogP contribution in [0.25, 0.3) is 0 Å². The normalized spacial score (nSPS) is 27.1. The minimum atomic E-state index is -0.645. The van der Waals surface area contributed by atoms with E-state index in [-0.39, 0.29) is 0 Å². The topological polar surface area (TPSA) is 50.2 Å². The Labute approximate surface area is 115 Å². The lowest BCUT2D eigenvalue weighted by Crippen LogP contribution is -2.37. The maximum absolute atomic E-state index is 11.7. The van der Waals surface area contributed by atoms with E-state index >= 15 is 0 Å². The lowest BCUT2D eigenvalue weighted by atomic mass is 9.67. The molecule has 1 aliphatic carbocycles. The molecule has 0 amide bonds. The Morgan fingerprint density at radius 3 is 2.68 bits per heavy atom. The van der Waals surface area contributed by atoms with Crippen molar-refractivity contribution in [3.63, 3.8) is 0 Å². The Kier molecular flexibility index (Phi) is 4.56. The summed E-state index contributed by atoms with van der Waals surface area (Å²) in [6.45, 7) is 2.20. The summed E-state index contributed by atoms with van der Waals surface area (Å²) in [6.07, 6.45) is 8.44. The molecule has 0 aromatic carbocycles. The van der Waals surface area contributed by atoms with Gasteiger partial charge in [0.25, 0.3) is 0 Å². The second-order valence-electron chi connectivity index (χ2n) is 5.82. The molecule has 0 spiro atoms. The molecule has 19 heavy (non-hydrogen) atoms. The summed E-state index contributed by atoms with van der Waals surface area (Å²) in [5.41, 5.74) is 0.317. The van der Waals surface area contributed by atoms with E-state index < -0.39 is 11.4 Å². The third-order valence-corrected chi connectivity index (χ3v) is 4.46. The van der Waals surface area contributed by atoms with E-state index in [1.165, 1.54) is 12.8 Å². The minimum Gasteiger partial charge on any atom is -0.481 e. The van der Waals surface area contributed by atoms with E-state index in [0.29, 0.717) is 6.42 Å². The molecular weight excluding hydrogens is 238 g/mol. The summed E-state index contributed by atoms with van der Waals surface area (Å²) in [5.74, 6) is 0.0781. The van der Waals surface area contributed by atoms with Crippen LogP contribution in [-0.2, 0) is 11.2 Å². The Balaban J connectivity index is 2.06. The molecule has 0 saturated heterocycles. The lowest BCUT2D eigenvalue weighted by molar-refractivity contribution is -0.151. The molecule has 2 rings (SSSR count). The summed E-state index contributed by atoms with van der Waals surface area (Å²) in [5, 5.41) is 9.64. The van der Waals surface area contributed by atoms with Gasteiger partial charge in [0.15, 0.2) is 0 Å². The van der Waals surface area contributed by atoms with Gasteiger partial charge in [0.05, 0.1) is 5.41 Å². The van der Waals surface area contributed by atoms with Crippen molar-refractivity contribution < 1.29 is 9.90 Å². The van der Waals surface area contributed by atoms with E-state index in [1.807, 2.05) is 18.2 Å². The fourth-order valence-corrected chi connectivity index (χ4v) is 3.24. The summed E-state index contributed by atoms with van der Waals surface area (Å²) < 4.78 is 0. The Bertz CT molecular complexity index is 408. The largest absolute Gasteiger partial charge is 0.481 e. The van der Waals surface area contributed by atoms with Gasteiger partial charge in [-0.25, -0.2) is 0 Å². The predicted octanol–water partition coefficient (Wildman–Crippen LogP) is 3.69. The van der Waals surface area contributed by atoms with Gasteiger partial charge in [0.2, 0.25) is 0 Å². The van der Waals surface area contributed by atoms with Crippen molar-refractivity contribution in [2.45, 2.75) is 51.9 Å². The number of pyridine rings is 1. The van der Waals surface area contributed by atoms with Crippen LogP contribution in [0.1, 0.15) is 51.1 Å². The van der Waals surface area contributed by atoms with Gasteiger partial charge in [-0.3, -0.25) is 9.78 Å². The zero-order chi connectivity index (χ0) is 13.7. The first-order chi connectivity index (χ1) is 9.16. The van der Waals surface area contributed by atoms with Gasteiger partial charge in [0, 0.05) is 18.3 Å². The summed E-state index contributed by atoms with van der Waals surface area (Å²) in [6, 6.07) is 5.73. The van der Waals surface area contributed by atoms with Crippen molar-refractivity contribution in [2.24, 2.45) is 11.3 Å². The highest BCUT2D eigenvalue weighted by atomic mass is 16.4. The molecule has 1 heterocycles. The van der Waals surface area contributed by atoms with E-state index in [9.17, 15) is 9.90 Å². The summed E-state index contributed by atoms with van der Waals surface area (Å²) in [7, 11) is 0. The van der Waals surface area contributed by atoms with E-state index in [4.69, 9.17) is 0 Å². The van der Waals surface area contributed by atoms with Crippen LogP contribution in [0.4, 0.5) is 0 Å². The zero-order valence-corrected chi connectivity index (χ0v) is 11.6. The van der Waals surface area contributed by atoms with Crippen molar-refractivity contribution in [3.05, 3.63) is 30.1 Å². The maximum Gasteiger partial charge on any atom is 0.310 e. The monoisotopic (exact) mass is 261 g/mol. The fourth-order valence-electron chi connectivity index (χ4n) is 3.24. The Morgan fingerprint density at radius 2 is 2.16 bits per heavy atom. The van der Waals surface area contributed by atoms with Crippen molar-refractivity contribution in [1.29, 1.82) is 0 Å². The SMILES string of the molecule is CCCC1CCC(Cc2ccccn2)(C(=O)O)CC1. The highest BCUT2D eigenvalue weighted by molar-refractivity contribution is 5.75. The number of hydrogen-bond donors (Lipinski definition) is 1. The van der Waals surface area contributed by atoms with Crippen molar-refractivity contribution in [3.8, 4) is 0 Å². The van der Waals surface area contributed by atoms with Gasteiger partial charge in [0.1, 0.15) is 0 Å².